The number of thiophene rings is 1. The zero-order valence-electron chi connectivity index (χ0n) is 13.0. The molecule has 1 aliphatic carbocycles. The van der Waals surface area contributed by atoms with Gasteiger partial charge in [0.05, 0.1) is 4.90 Å². The molecule has 0 bridgehead atoms. The average molecular weight is 362 g/mol. The Bertz CT molecular complexity index is 837. The molecule has 2 aromatic rings. The molecule has 0 radical (unpaired) electrons. The summed E-state index contributed by atoms with van der Waals surface area (Å²) >= 11 is 1.34. The first-order valence-corrected chi connectivity index (χ1v) is 10.4. The number of nitrogens with one attached hydrogen (secondary N) is 1. The smallest absolute Gasteiger partial charge is 0.241 e. The minimum absolute atomic E-state index is 0.0332. The molecule has 1 N–H and O–H groups in total. The molecule has 0 unspecified atom stereocenters. The lowest BCUT2D eigenvalue weighted by molar-refractivity contribution is -0.129. The lowest BCUT2D eigenvalue weighted by atomic mass is 10.1. The Hall–Kier alpha value is -1.70. The number of hydrogen-bond donors (Lipinski definition) is 1. The summed E-state index contributed by atoms with van der Waals surface area (Å²) in [6.45, 7) is 0.445. The van der Waals surface area contributed by atoms with Gasteiger partial charge in [0.15, 0.2) is 0 Å². The second-order valence-corrected chi connectivity index (χ2v) is 8.85. The van der Waals surface area contributed by atoms with Crippen molar-refractivity contribution in [1.82, 2.24) is 9.62 Å². The SMILES string of the molecule is O=C1C[C@@H](NS(=O)(=O)c2ccsc2)CN1C1Cc2ccccc2C1. The third-order valence-corrected chi connectivity index (χ3v) is 7.11. The van der Waals surface area contributed by atoms with Crippen molar-refractivity contribution in [2.45, 2.75) is 36.2 Å². The molecule has 24 heavy (non-hydrogen) atoms. The summed E-state index contributed by atoms with van der Waals surface area (Å²) < 4.78 is 27.3. The van der Waals surface area contributed by atoms with E-state index in [-0.39, 0.29) is 29.3 Å². The van der Waals surface area contributed by atoms with Crippen molar-refractivity contribution in [3.05, 3.63) is 52.2 Å². The van der Waals surface area contributed by atoms with E-state index in [1.54, 1.807) is 16.8 Å². The van der Waals surface area contributed by atoms with Gasteiger partial charge in [-0.2, -0.15) is 11.3 Å². The van der Waals surface area contributed by atoms with Crippen LogP contribution in [0.2, 0.25) is 0 Å². The Balaban J connectivity index is 1.45. The monoisotopic (exact) mass is 362 g/mol. The first-order chi connectivity index (χ1) is 11.5. The number of benzene rings is 1. The maximum Gasteiger partial charge on any atom is 0.241 e. The predicted octanol–water partition coefficient (Wildman–Crippen LogP) is 1.79. The van der Waals surface area contributed by atoms with Gasteiger partial charge in [0.1, 0.15) is 0 Å². The minimum atomic E-state index is -3.54. The highest BCUT2D eigenvalue weighted by Gasteiger charge is 2.38. The van der Waals surface area contributed by atoms with Crippen molar-refractivity contribution in [2.75, 3.05) is 6.54 Å². The molecular formula is C17H18N2O3S2. The fourth-order valence-electron chi connectivity index (χ4n) is 3.61. The summed E-state index contributed by atoms with van der Waals surface area (Å²) in [5.74, 6) is 0.0332. The summed E-state index contributed by atoms with van der Waals surface area (Å²) in [7, 11) is -3.54. The van der Waals surface area contributed by atoms with Crippen molar-refractivity contribution < 1.29 is 13.2 Å². The molecule has 126 valence electrons. The zero-order valence-corrected chi connectivity index (χ0v) is 14.6. The molecule has 0 saturated carbocycles. The van der Waals surface area contributed by atoms with E-state index < -0.39 is 10.0 Å². The predicted molar refractivity (Wildman–Crippen MR) is 92.4 cm³/mol. The van der Waals surface area contributed by atoms with Crippen LogP contribution < -0.4 is 4.72 Å². The van der Waals surface area contributed by atoms with E-state index in [1.165, 1.54) is 22.5 Å². The number of carbonyl (C=O) groups is 1. The van der Waals surface area contributed by atoms with E-state index in [1.807, 2.05) is 17.0 Å². The summed E-state index contributed by atoms with van der Waals surface area (Å²) in [6.07, 6.45) is 1.94. The van der Waals surface area contributed by atoms with E-state index in [9.17, 15) is 13.2 Å². The van der Waals surface area contributed by atoms with E-state index >= 15 is 0 Å². The standard InChI is InChI=1S/C17H18N2O3S2/c20-17-9-14(18-24(21,22)16-5-6-23-11-16)10-19(17)15-7-12-3-1-2-4-13(12)8-15/h1-6,11,14-15,18H,7-10H2/t14-/m1/s1. The van der Waals surface area contributed by atoms with Crippen LogP contribution in [0.15, 0.2) is 46.0 Å². The van der Waals surface area contributed by atoms with Crippen LogP contribution in [0.5, 0.6) is 0 Å². The Labute approximate surface area is 145 Å². The van der Waals surface area contributed by atoms with E-state index in [4.69, 9.17) is 0 Å². The van der Waals surface area contributed by atoms with Crippen LogP contribution >= 0.6 is 11.3 Å². The number of likely N-dealkylation sites (tertiary alicyclic amines) is 1. The van der Waals surface area contributed by atoms with E-state index in [0.717, 1.165) is 12.8 Å². The molecule has 1 aromatic heterocycles. The summed E-state index contributed by atoms with van der Waals surface area (Å²) in [4.78, 5) is 14.5. The maximum atomic E-state index is 12.4. The maximum absolute atomic E-state index is 12.4. The highest BCUT2D eigenvalue weighted by atomic mass is 32.2. The number of rotatable bonds is 4. The van der Waals surface area contributed by atoms with Crippen LogP contribution in [-0.2, 0) is 27.7 Å². The zero-order chi connectivity index (χ0) is 16.7. The van der Waals surface area contributed by atoms with Crippen LogP contribution in [0.4, 0.5) is 0 Å². The lowest BCUT2D eigenvalue weighted by Gasteiger charge is -2.24. The van der Waals surface area contributed by atoms with E-state index in [2.05, 4.69) is 16.9 Å². The molecule has 4 rings (SSSR count). The highest BCUT2D eigenvalue weighted by molar-refractivity contribution is 7.89. The van der Waals surface area contributed by atoms with Crippen molar-refractivity contribution in [1.29, 1.82) is 0 Å². The Kier molecular flexibility index (Phi) is 3.94. The summed E-state index contributed by atoms with van der Waals surface area (Å²) in [5.41, 5.74) is 2.58. The molecule has 1 fully saturated rings. The molecule has 1 aliphatic heterocycles. The summed E-state index contributed by atoms with van der Waals surface area (Å²) in [6, 6.07) is 9.61. The fraction of sp³-hybridized carbons (Fsp3) is 0.353. The van der Waals surface area contributed by atoms with Crippen LogP contribution in [0, 0.1) is 0 Å². The van der Waals surface area contributed by atoms with Crippen molar-refractivity contribution in [2.24, 2.45) is 0 Å². The number of nitrogens with zero attached hydrogens (tertiary/aromatic N) is 1. The Morgan fingerprint density at radius 1 is 1.08 bits per heavy atom. The van der Waals surface area contributed by atoms with Gasteiger partial charge in [-0.1, -0.05) is 24.3 Å². The minimum Gasteiger partial charge on any atom is -0.337 e. The molecule has 2 heterocycles. The highest BCUT2D eigenvalue weighted by Crippen LogP contribution is 2.28. The van der Waals surface area contributed by atoms with Gasteiger partial charge in [0, 0.05) is 30.4 Å². The molecule has 7 heteroatoms. The van der Waals surface area contributed by atoms with Gasteiger partial charge in [-0.05, 0) is 35.4 Å². The first kappa shape index (κ1) is 15.8. The Morgan fingerprint density at radius 3 is 2.42 bits per heavy atom. The Morgan fingerprint density at radius 2 is 1.79 bits per heavy atom. The molecule has 1 amide bonds. The quantitative estimate of drug-likeness (QED) is 0.902. The third-order valence-electron chi connectivity index (χ3n) is 4.76. The number of hydrogen-bond acceptors (Lipinski definition) is 4. The number of amides is 1. The molecule has 1 atom stereocenters. The van der Waals surface area contributed by atoms with Crippen molar-refractivity contribution in [3.8, 4) is 0 Å². The van der Waals surface area contributed by atoms with Crippen molar-refractivity contribution in [3.63, 3.8) is 0 Å². The second-order valence-electron chi connectivity index (χ2n) is 6.36. The molecule has 1 saturated heterocycles. The van der Waals surface area contributed by atoms with Crippen LogP contribution in [-0.4, -0.2) is 37.9 Å². The summed E-state index contributed by atoms with van der Waals surface area (Å²) in [5, 5.41) is 3.33. The lowest BCUT2D eigenvalue weighted by Crippen LogP contribution is -2.41. The van der Waals surface area contributed by atoms with Crippen molar-refractivity contribution >= 4 is 27.3 Å². The van der Waals surface area contributed by atoms with Gasteiger partial charge >= 0.3 is 0 Å². The molecular weight excluding hydrogens is 344 g/mol. The topological polar surface area (TPSA) is 66.5 Å². The van der Waals surface area contributed by atoms with Gasteiger partial charge in [-0.15, -0.1) is 0 Å². The van der Waals surface area contributed by atoms with Gasteiger partial charge in [-0.25, -0.2) is 13.1 Å². The van der Waals surface area contributed by atoms with Gasteiger partial charge in [0.25, 0.3) is 0 Å². The normalized spacial score (nSPS) is 21.4. The second kappa shape index (κ2) is 5.98. The van der Waals surface area contributed by atoms with Crippen LogP contribution in [0.25, 0.3) is 0 Å². The number of fused-ring (bicyclic) bond motifs is 1. The van der Waals surface area contributed by atoms with Crippen LogP contribution in [0.3, 0.4) is 0 Å². The molecule has 5 nitrogen and oxygen atoms in total. The van der Waals surface area contributed by atoms with Gasteiger partial charge in [-0.3, -0.25) is 4.79 Å². The van der Waals surface area contributed by atoms with E-state index in [0.29, 0.717) is 6.54 Å². The van der Waals surface area contributed by atoms with Gasteiger partial charge < -0.3 is 4.90 Å². The molecule has 2 aliphatic rings. The average Bonchev–Trinajstić information content (AvgIpc) is 3.25. The molecule has 1 aromatic carbocycles. The van der Waals surface area contributed by atoms with Crippen LogP contribution in [0.1, 0.15) is 17.5 Å². The van der Waals surface area contributed by atoms with Gasteiger partial charge in [0.2, 0.25) is 15.9 Å². The fourth-order valence-corrected chi connectivity index (χ4v) is 5.87. The molecule has 0 spiro atoms. The largest absolute Gasteiger partial charge is 0.337 e. The third kappa shape index (κ3) is 2.87. The number of carbonyl (C=O) groups excluding carboxylic acids is 1. The first-order valence-electron chi connectivity index (χ1n) is 7.94. The number of sulfonamides is 1.